The Morgan fingerprint density at radius 1 is 1.06 bits per heavy atom. The van der Waals surface area contributed by atoms with Crippen LogP contribution in [0.25, 0.3) is 0 Å². The average molecular weight is 242 g/mol. The third-order valence-electron chi connectivity index (χ3n) is 3.48. The summed E-state index contributed by atoms with van der Waals surface area (Å²) in [5.74, 6) is 0.757. The van der Waals surface area contributed by atoms with Crippen molar-refractivity contribution in [1.82, 2.24) is 10.2 Å². The van der Waals surface area contributed by atoms with Crippen LogP contribution in [0.5, 0.6) is 0 Å². The smallest absolute Gasteiger partial charge is 0.00644 e. The number of hydrogen-bond acceptors (Lipinski definition) is 2. The van der Waals surface area contributed by atoms with Gasteiger partial charge in [0.25, 0.3) is 0 Å². The molecular weight excluding hydrogens is 208 g/mol. The van der Waals surface area contributed by atoms with Gasteiger partial charge in [-0.1, -0.05) is 34.1 Å². The maximum atomic E-state index is 3.53. The Labute approximate surface area is 109 Å². The predicted molar refractivity (Wildman–Crippen MR) is 78.6 cm³/mol. The van der Waals surface area contributed by atoms with Crippen LogP contribution in [0.1, 0.15) is 60.3 Å². The standard InChI is InChI=1S/C15H34N2/c1-6-9-11-17(15(5)8-3)13-14(4)12-16-10-7-2/h14-16H,6-13H2,1-5H3. The van der Waals surface area contributed by atoms with Crippen LogP contribution in [-0.4, -0.2) is 37.1 Å². The molecule has 2 unspecified atom stereocenters. The minimum absolute atomic E-state index is 0.732. The number of nitrogens with one attached hydrogen (secondary N) is 1. The van der Waals surface area contributed by atoms with Gasteiger partial charge in [0, 0.05) is 12.6 Å². The van der Waals surface area contributed by atoms with Crippen LogP contribution in [0.4, 0.5) is 0 Å². The maximum absolute atomic E-state index is 3.53. The molecule has 104 valence electrons. The SMILES string of the molecule is CCCCN(CC(C)CNCCC)C(C)CC. The van der Waals surface area contributed by atoms with Crippen molar-refractivity contribution in [2.45, 2.75) is 66.3 Å². The molecule has 0 aliphatic rings. The van der Waals surface area contributed by atoms with E-state index >= 15 is 0 Å². The number of rotatable bonds is 11. The Kier molecular flexibility index (Phi) is 11.0. The minimum atomic E-state index is 0.732. The number of hydrogen-bond donors (Lipinski definition) is 1. The van der Waals surface area contributed by atoms with E-state index in [0.717, 1.165) is 25.0 Å². The third kappa shape index (κ3) is 8.62. The Morgan fingerprint density at radius 3 is 2.29 bits per heavy atom. The maximum Gasteiger partial charge on any atom is 0.00644 e. The van der Waals surface area contributed by atoms with Gasteiger partial charge in [-0.05, 0) is 51.7 Å². The van der Waals surface area contributed by atoms with Crippen molar-refractivity contribution in [1.29, 1.82) is 0 Å². The lowest BCUT2D eigenvalue weighted by molar-refractivity contribution is 0.173. The lowest BCUT2D eigenvalue weighted by Crippen LogP contribution is -2.39. The highest BCUT2D eigenvalue weighted by Crippen LogP contribution is 2.09. The molecule has 0 aliphatic carbocycles. The third-order valence-corrected chi connectivity index (χ3v) is 3.48. The average Bonchev–Trinajstić information content (AvgIpc) is 2.33. The van der Waals surface area contributed by atoms with Crippen molar-refractivity contribution in [2.24, 2.45) is 5.92 Å². The van der Waals surface area contributed by atoms with Crippen molar-refractivity contribution >= 4 is 0 Å². The van der Waals surface area contributed by atoms with Crippen molar-refractivity contribution < 1.29 is 0 Å². The van der Waals surface area contributed by atoms with E-state index in [1.54, 1.807) is 0 Å². The highest BCUT2D eigenvalue weighted by molar-refractivity contribution is 4.70. The molecule has 17 heavy (non-hydrogen) atoms. The van der Waals surface area contributed by atoms with Gasteiger partial charge in [-0.3, -0.25) is 0 Å². The number of unbranched alkanes of at least 4 members (excludes halogenated alkanes) is 1. The van der Waals surface area contributed by atoms with Gasteiger partial charge in [-0.2, -0.15) is 0 Å². The van der Waals surface area contributed by atoms with E-state index in [-0.39, 0.29) is 0 Å². The molecule has 2 nitrogen and oxygen atoms in total. The summed E-state index contributed by atoms with van der Waals surface area (Å²) in [4.78, 5) is 2.67. The summed E-state index contributed by atoms with van der Waals surface area (Å²) in [5, 5.41) is 3.53. The van der Waals surface area contributed by atoms with E-state index in [2.05, 4.69) is 44.8 Å². The van der Waals surface area contributed by atoms with Crippen LogP contribution in [0.2, 0.25) is 0 Å². The van der Waals surface area contributed by atoms with Crippen molar-refractivity contribution in [3.05, 3.63) is 0 Å². The Hall–Kier alpha value is -0.0800. The van der Waals surface area contributed by atoms with Gasteiger partial charge in [-0.15, -0.1) is 0 Å². The van der Waals surface area contributed by atoms with E-state index in [0.29, 0.717) is 0 Å². The first kappa shape index (κ1) is 16.9. The fourth-order valence-electron chi connectivity index (χ4n) is 2.10. The fraction of sp³-hybridized carbons (Fsp3) is 1.00. The molecule has 0 aliphatic heterocycles. The van der Waals surface area contributed by atoms with E-state index in [1.165, 1.54) is 38.8 Å². The van der Waals surface area contributed by atoms with Gasteiger partial charge in [0.1, 0.15) is 0 Å². The highest BCUT2D eigenvalue weighted by Gasteiger charge is 2.14. The first-order valence-electron chi connectivity index (χ1n) is 7.60. The summed E-state index contributed by atoms with van der Waals surface area (Å²) in [6.07, 6.45) is 5.13. The summed E-state index contributed by atoms with van der Waals surface area (Å²) >= 11 is 0. The van der Waals surface area contributed by atoms with Gasteiger partial charge in [0.2, 0.25) is 0 Å². The lowest BCUT2D eigenvalue weighted by Gasteiger charge is -2.31. The van der Waals surface area contributed by atoms with Gasteiger partial charge < -0.3 is 10.2 Å². The van der Waals surface area contributed by atoms with E-state index in [1.807, 2.05) is 0 Å². The second-order valence-electron chi connectivity index (χ2n) is 5.42. The molecule has 0 aromatic rings. The Balaban J connectivity index is 3.94. The molecular formula is C15H34N2. The zero-order valence-corrected chi connectivity index (χ0v) is 12.8. The molecule has 0 radical (unpaired) electrons. The second-order valence-corrected chi connectivity index (χ2v) is 5.42. The summed E-state index contributed by atoms with van der Waals surface area (Å²) in [6, 6.07) is 0.732. The lowest BCUT2D eigenvalue weighted by atomic mass is 10.1. The van der Waals surface area contributed by atoms with Crippen LogP contribution in [-0.2, 0) is 0 Å². The summed E-state index contributed by atoms with van der Waals surface area (Å²) in [5.41, 5.74) is 0. The summed E-state index contributed by atoms with van der Waals surface area (Å²) in [6.45, 7) is 16.4. The molecule has 0 fully saturated rings. The van der Waals surface area contributed by atoms with Crippen molar-refractivity contribution in [3.63, 3.8) is 0 Å². The summed E-state index contributed by atoms with van der Waals surface area (Å²) in [7, 11) is 0. The molecule has 0 heterocycles. The normalized spacial score (nSPS) is 15.2. The van der Waals surface area contributed by atoms with Crippen LogP contribution < -0.4 is 5.32 Å². The first-order chi connectivity index (χ1) is 8.15. The largest absolute Gasteiger partial charge is 0.316 e. The molecule has 1 N–H and O–H groups in total. The molecule has 0 bridgehead atoms. The van der Waals surface area contributed by atoms with Gasteiger partial charge in [0.05, 0.1) is 0 Å². The number of nitrogens with zero attached hydrogens (tertiary/aromatic N) is 1. The van der Waals surface area contributed by atoms with Gasteiger partial charge >= 0.3 is 0 Å². The highest BCUT2D eigenvalue weighted by atomic mass is 15.1. The van der Waals surface area contributed by atoms with E-state index in [4.69, 9.17) is 0 Å². The zero-order chi connectivity index (χ0) is 13.1. The molecule has 0 rings (SSSR count). The minimum Gasteiger partial charge on any atom is -0.316 e. The quantitative estimate of drug-likeness (QED) is 0.558. The Morgan fingerprint density at radius 2 is 1.76 bits per heavy atom. The molecule has 0 amide bonds. The predicted octanol–water partition coefficient (Wildman–Crippen LogP) is 3.52. The first-order valence-corrected chi connectivity index (χ1v) is 7.60. The zero-order valence-electron chi connectivity index (χ0n) is 12.8. The molecule has 0 saturated heterocycles. The van der Waals surface area contributed by atoms with Crippen molar-refractivity contribution in [2.75, 3.05) is 26.2 Å². The monoisotopic (exact) mass is 242 g/mol. The molecule has 0 saturated carbocycles. The van der Waals surface area contributed by atoms with E-state index in [9.17, 15) is 0 Å². The molecule has 0 spiro atoms. The van der Waals surface area contributed by atoms with Gasteiger partial charge in [-0.25, -0.2) is 0 Å². The molecule has 2 atom stereocenters. The van der Waals surface area contributed by atoms with Crippen LogP contribution in [0.3, 0.4) is 0 Å². The van der Waals surface area contributed by atoms with Crippen LogP contribution in [0.15, 0.2) is 0 Å². The fourth-order valence-corrected chi connectivity index (χ4v) is 2.10. The van der Waals surface area contributed by atoms with E-state index < -0.39 is 0 Å². The molecule has 0 aromatic carbocycles. The van der Waals surface area contributed by atoms with Crippen LogP contribution in [0, 0.1) is 5.92 Å². The Bertz CT molecular complexity index is 159. The van der Waals surface area contributed by atoms with Crippen LogP contribution >= 0.6 is 0 Å². The van der Waals surface area contributed by atoms with Crippen molar-refractivity contribution in [3.8, 4) is 0 Å². The van der Waals surface area contributed by atoms with Gasteiger partial charge in [0.15, 0.2) is 0 Å². The molecule has 2 heteroatoms. The second kappa shape index (κ2) is 11.0. The molecule has 0 aromatic heterocycles. The summed E-state index contributed by atoms with van der Waals surface area (Å²) < 4.78 is 0. The topological polar surface area (TPSA) is 15.3 Å².